The van der Waals surface area contributed by atoms with Crippen molar-refractivity contribution in [3.05, 3.63) is 0 Å². The fourth-order valence-electron chi connectivity index (χ4n) is 2.52. The number of rotatable bonds is 4. The lowest BCUT2D eigenvalue weighted by Crippen LogP contribution is -2.38. The molecule has 0 aromatic rings. The third-order valence-electron chi connectivity index (χ3n) is 3.62. The number of hydrogen-bond acceptors (Lipinski definition) is 4. The van der Waals surface area contributed by atoms with Gasteiger partial charge >= 0.3 is 0 Å². The first-order valence-corrected chi connectivity index (χ1v) is 6.71. The Bertz CT molecular complexity index is 251. The predicted molar refractivity (Wildman–Crippen MR) is 64.6 cm³/mol. The van der Waals surface area contributed by atoms with Gasteiger partial charge in [0.1, 0.15) is 0 Å². The first-order valence-electron chi connectivity index (χ1n) is 6.71. The van der Waals surface area contributed by atoms with Crippen LogP contribution in [-0.4, -0.2) is 50.0 Å². The van der Waals surface area contributed by atoms with Crippen LogP contribution in [0.5, 0.6) is 0 Å². The molecule has 2 fully saturated rings. The van der Waals surface area contributed by atoms with Crippen molar-refractivity contribution in [3.63, 3.8) is 0 Å². The van der Waals surface area contributed by atoms with Crippen molar-refractivity contribution in [1.29, 1.82) is 5.26 Å². The van der Waals surface area contributed by atoms with Crippen molar-refractivity contribution in [2.45, 2.75) is 44.3 Å². The summed E-state index contributed by atoms with van der Waals surface area (Å²) in [7, 11) is 0. The molecule has 0 bridgehead atoms. The fraction of sp³-hybridized carbons (Fsp3) is 0.923. The maximum Gasteiger partial charge on any atom is 0.0866 e. The van der Waals surface area contributed by atoms with E-state index in [1.54, 1.807) is 0 Å². The molecule has 1 atom stereocenters. The van der Waals surface area contributed by atoms with Gasteiger partial charge in [0.05, 0.1) is 31.4 Å². The van der Waals surface area contributed by atoms with Crippen LogP contribution in [0.25, 0.3) is 0 Å². The zero-order valence-electron chi connectivity index (χ0n) is 10.4. The second-order valence-electron chi connectivity index (χ2n) is 4.96. The van der Waals surface area contributed by atoms with E-state index in [1.807, 2.05) is 0 Å². The van der Waals surface area contributed by atoms with E-state index in [-0.39, 0.29) is 0 Å². The highest BCUT2D eigenvalue weighted by atomic mass is 16.5. The Kier molecular flexibility index (Phi) is 5.24. The first kappa shape index (κ1) is 12.8. The minimum absolute atomic E-state index is 0.320. The van der Waals surface area contributed by atoms with Gasteiger partial charge in [-0.25, -0.2) is 0 Å². The highest BCUT2D eigenvalue weighted by Crippen LogP contribution is 2.17. The maximum absolute atomic E-state index is 8.62. The second-order valence-corrected chi connectivity index (χ2v) is 4.96. The van der Waals surface area contributed by atoms with E-state index in [1.165, 1.54) is 12.8 Å². The van der Waals surface area contributed by atoms with Crippen LogP contribution >= 0.6 is 0 Å². The third kappa shape index (κ3) is 4.27. The molecule has 0 N–H and O–H groups in total. The van der Waals surface area contributed by atoms with Crippen LogP contribution in [0.15, 0.2) is 0 Å². The predicted octanol–water partition coefficient (Wildman–Crippen LogP) is 1.56. The lowest BCUT2D eigenvalue weighted by atomic mass is 10.1. The van der Waals surface area contributed by atoms with Gasteiger partial charge in [-0.3, -0.25) is 4.90 Å². The summed E-state index contributed by atoms with van der Waals surface area (Å²) >= 11 is 0. The molecule has 2 saturated heterocycles. The quantitative estimate of drug-likeness (QED) is 0.697. The Morgan fingerprint density at radius 3 is 2.71 bits per heavy atom. The zero-order chi connectivity index (χ0) is 11.9. The number of nitriles is 1. The maximum atomic E-state index is 8.62. The lowest BCUT2D eigenvalue weighted by Gasteiger charge is -2.31. The molecule has 2 heterocycles. The Hall–Kier alpha value is -0.630. The van der Waals surface area contributed by atoms with Crippen LogP contribution in [0.1, 0.15) is 32.1 Å². The highest BCUT2D eigenvalue weighted by molar-refractivity contribution is 4.81. The minimum Gasteiger partial charge on any atom is -0.376 e. The molecule has 4 nitrogen and oxygen atoms in total. The van der Waals surface area contributed by atoms with Crippen molar-refractivity contribution in [2.75, 3.05) is 32.8 Å². The molecule has 0 aliphatic carbocycles. The van der Waals surface area contributed by atoms with E-state index >= 15 is 0 Å². The van der Waals surface area contributed by atoms with E-state index in [2.05, 4.69) is 11.0 Å². The molecule has 0 aromatic carbocycles. The van der Waals surface area contributed by atoms with Crippen LogP contribution in [0.3, 0.4) is 0 Å². The summed E-state index contributed by atoms with van der Waals surface area (Å²) in [5, 5.41) is 8.62. The molecular formula is C13H22N2O2. The van der Waals surface area contributed by atoms with Gasteiger partial charge in [0, 0.05) is 19.7 Å². The largest absolute Gasteiger partial charge is 0.376 e. The third-order valence-corrected chi connectivity index (χ3v) is 3.62. The summed E-state index contributed by atoms with van der Waals surface area (Å²) in [6, 6.07) is 2.20. The molecule has 1 unspecified atom stereocenters. The summed E-state index contributed by atoms with van der Waals surface area (Å²) in [5.41, 5.74) is 0. The van der Waals surface area contributed by atoms with E-state index in [4.69, 9.17) is 14.7 Å². The van der Waals surface area contributed by atoms with Crippen molar-refractivity contribution in [3.8, 4) is 6.07 Å². The lowest BCUT2D eigenvalue weighted by molar-refractivity contribution is -0.0743. The average molecular weight is 238 g/mol. The Morgan fingerprint density at radius 2 is 2.06 bits per heavy atom. The Morgan fingerprint density at radius 1 is 1.24 bits per heavy atom. The highest BCUT2D eigenvalue weighted by Gasteiger charge is 2.21. The topological polar surface area (TPSA) is 45.5 Å². The molecule has 96 valence electrons. The van der Waals surface area contributed by atoms with Crippen LogP contribution in [-0.2, 0) is 9.47 Å². The first-order chi connectivity index (χ1) is 8.38. The molecule has 0 aromatic heterocycles. The van der Waals surface area contributed by atoms with Gasteiger partial charge in [-0.2, -0.15) is 5.26 Å². The van der Waals surface area contributed by atoms with E-state index in [9.17, 15) is 0 Å². The molecule has 0 spiro atoms. The summed E-state index contributed by atoms with van der Waals surface area (Å²) in [4.78, 5) is 2.19. The number of ether oxygens (including phenoxy) is 2. The van der Waals surface area contributed by atoms with E-state index in [0.29, 0.717) is 18.8 Å². The van der Waals surface area contributed by atoms with Crippen molar-refractivity contribution >= 4 is 0 Å². The van der Waals surface area contributed by atoms with Gasteiger partial charge < -0.3 is 9.47 Å². The number of likely N-dealkylation sites (tertiary alicyclic amines) is 1. The molecule has 17 heavy (non-hydrogen) atoms. The van der Waals surface area contributed by atoms with Crippen LogP contribution in [0.4, 0.5) is 0 Å². The summed E-state index contributed by atoms with van der Waals surface area (Å²) in [5.74, 6) is 0. The van der Waals surface area contributed by atoms with E-state index < -0.39 is 0 Å². The molecule has 2 aliphatic rings. The fourth-order valence-corrected chi connectivity index (χ4v) is 2.52. The van der Waals surface area contributed by atoms with E-state index in [0.717, 1.165) is 45.6 Å². The normalized spacial score (nSPS) is 27.8. The van der Waals surface area contributed by atoms with Gasteiger partial charge in [0.25, 0.3) is 0 Å². The van der Waals surface area contributed by atoms with Gasteiger partial charge in [0.2, 0.25) is 0 Å². The molecular weight excluding hydrogens is 216 g/mol. The molecule has 0 amide bonds. The summed E-state index contributed by atoms with van der Waals surface area (Å²) in [6.45, 7) is 4.18. The Labute approximate surface area is 103 Å². The molecule has 0 radical (unpaired) electrons. The monoisotopic (exact) mass is 238 g/mol. The molecule has 2 aliphatic heterocycles. The smallest absolute Gasteiger partial charge is 0.0866 e. The van der Waals surface area contributed by atoms with Crippen LogP contribution < -0.4 is 0 Å². The van der Waals surface area contributed by atoms with Gasteiger partial charge in [-0.05, 0) is 32.1 Å². The van der Waals surface area contributed by atoms with Crippen molar-refractivity contribution in [2.24, 2.45) is 0 Å². The van der Waals surface area contributed by atoms with Gasteiger partial charge in [-0.1, -0.05) is 0 Å². The average Bonchev–Trinajstić information content (AvgIpc) is 2.40. The number of piperidine rings is 1. The SMILES string of the molecule is N#CCN1CCC(OCC2CCCCO2)CC1. The van der Waals surface area contributed by atoms with Gasteiger partial charge in [0.15, 0.2) is 0 Å². The standard InChI is InChI=1S/C13H22N2O2/c14-6-9-15-7-4-12(5-8-15)17-11-13-3-1-2-10-16-13/h12-13H,1-5,7-11H2. The summed E-state index contributed by atoms with van der Waals surface area (Å²) < 4.78 is 11.6. The minimum atomic E-state index is 0.320. The second kappa shape index (κ2) is 6.95. The molecule has 2 rings (SSSR count). The Balaban J connectivity index is 1.59. The number of hydrogen-bond donors (Lipinski definition) is 0. The number of nitrogens with zero attached hydrogens (tertiary/aromatic N) is 2. The van der Waals surface area contributed by atoms with Crippen molar-refractivity contribution in [1.82, 2.24) is 4.90 Å². The molecule has 4 heteroatoms. The van der Waals surface area contributed by atoms with Crippen LogP contribution in [0.2, 0.25) is 0 Å². The van der Waals surface area contributed by atoms with Crippen LogP contribution in [0, 0.1) is 11.3 Å². The van der Waals surface area contributed by atoms with Gasteiger partial charge in [-0.15, -0.1) is 0 Å². The molecule has 0 saturated carbocycles. The van der Waals surface area contributed by atoms with Crippen molar-refractivity contribution < 1.29 is 9.47 Å². The summed E-state index contributed by atoms with van der Waals surface area (Å²) in [6.07, 6.45) is 6.41. The zero-order valence-corrected chi connectivity index (χ0v) is 10.4.